The van der Waals surface area contributed by atoms with E-state index in [0.717, 1.165) is 18.7 Å². The molecule has 0 aliphatic carbocycles. The molecule has 1 aromatic rings. The molecule has 1 aliphatic heterocycles. The van der Waals surface area contributed by atoms with Crippen LogP contribution in [0.2, 0.25) is 5.02 Å². The van der Waals surface area contributed by atoms with Gasteiger partial charge in [0.2, 0.25) is 0 Å². The second-order valence-corrected chi connectivity index (χ2v) is 4.88. The van der Waals surface area contributed by atoms with Gasteiger partial charge < -0.3 is 5.11 Å². The summed E-state index contributed by atoms with van der Waals surface area (Å²) < 4.78 is 0. The number of hydrogen-bond donors (Lipinski definition) is 1. The summed E-state index contributed by atoms with van der Waals surface area (Å²) in [7, 11) is 0. The zero-order chi connectivity index (χ0) is 11.5. The normalized spacial score (nSPS) is 21.5. The van der Waals surface area contributed by atoms with Crippen LogP contribution in [0, 0.1) is 0 Å². The summed E-state index contributed by atoms with van der Waals surface area (Å²) in [4.78, 5) is 2.44. The van der Waals surface area contributed by atoms with Crippen LogP contribution in [0.5, 0.6) is 5.75 Å². The number of likely N-dealkylation sites (tertiary alicyclic amines) is 1. The average molecular weight is 240 g/mol. The third-order valence-corrected chi connectivity index (χ3v) is 3.62. The maximum absolute atomic E-state index is 9.77. The van der Waals surface area contributed by atoms with Gasteiger partial charge in [0.05, 0.1) is 0 Å². The van der Waals surface area contributed by atoms with Crippen molar-refractivity contribution < 1.29 is 5.11 Å². The van der Waals surface area contributed by atoms with Gasteiger partial charge in [-0.1, -0.05) is 18.5 Å². The second-order valence-electron chi connectivity index (χ2n) is 4.45. The Kier molecular flexibility index (Phi) is 3.72. The van der Waals surface area contributed by atoms with Crippen molar-refractivity contribution in [1.29, 1.82) is 0 Å². The number of rotatable bonds is 3. The van der Waals surface area contributed by atoms with Gasteiger partial charge in [0.1, 0.15) is 5.75 Å². The van der Waals surface area contributed by atoms with Gasteiger partial charge in [0, 0.05) is 23.2 Å². The Balaban J connectivity index is 2.11. The van der Waals surface area contributed by atoms with Crippen molar-refractivity contribution in [3.8, 4) is 5.75 Å². The van der Waals surface area contributed by atoms with E-state index < -0.39 is 0 Å². The molecule has 3 heteroatoms. The van der Waals surface area contributed by atoms with Crippen LogP contribution in [-0.2, 0) is 6.54 Å². The van der Waals surface area contributed by atoms with Crippen LogP contribution >= 0.6 is 11.6 Å². The molecule has 2 nitrogen and oxygen atoms in total. The SMILES string of the molecule is CCC1CCCN1Cc1cc(Cl)ccc1O. The van der Waals surface area contributed by atoms with Crippen LogP contribution in [0.3, 0.4) is 0 Å². The first-order valence-corrected chi connectivity index (χ1v) is 6.30. The van der Waals surface area contributed by atoms with Gasteiger partial charge in [-0.25, -0.2) is 0 Å². The second kappa shape index (κ2) is 5.07. The highest BCUT2D eigenvalue weighted by Crippen LogP contribution is 2.27. The lowest BCUT2D eigenvalue weighted by atomic mass is 10.1. The minimum absolute atomic E-state index is 0.353. The minimum atomic E-state index is 0.353. The third kappa shape index (κ3) is 2.50. The number of nitrogens with zero attached hydrogens (tertiary/aromatic N) is 1. The minimum Gasteiger partial charge on any atom is -0.508 e. The van der Waals surface area contributed by atoms with E-state index in [9.17, 15) is 5.11 Å². The van der Waals surface area contributed by atoms with Crippen molar-refractivity contribution in [2.75, 3.05) is 6.54 Å². The molecule has 1 unspecified atom stereocenters. The number of hydrogen-bond acceptors (Lipinski definition) is 2. The Labute approximate surface area is 102 Å². The topological polar surface area (TPSA) is 23.5 Å². The fourth-order valence-corrected chi connectivity index (χ4v) is 2.66. The molecule has 0 bridgehead atoms. The van der Waals surface area contributed by atoms with E-state index in [2.05, 4.69) is 11.8 Å². The van der Waals surface area contributed by atoms with Crippen LogP contribution in [0.4, 0.5) is 0 Å². The standard InChI is InChI=1S/C13H18ClNO/c1-2-12-4-3-7-15(12)9-10-8-11(14)5-6-13(10)16/h5-6,8,12,16H,2-4,7,9H2,1H3. The summed E-state index contributed by atoms with van der Waals surface area (Å²) in [5.74, 6) is 0.353. The molecule has 1 aliphatic rings. The highest BCUT2D eigenvalue weighted by molar-refractivity contribution is 6.30. The third-order valence-electron chi connectivity index (χ3n) is 3.39. The molecule has 1 aromatic carbocycles. The Morgan fingerprint density at radius 1 is 1.50 bits per heavy atom. The van der Waals surface area contributed by atoms with Crippen LogP contribution in [0.25, 0.3) is 0 Å². The fraction of sp³-hybridized carbons (Fsp3) is 0.538. The molecule has 0 radical (unpaired) electrons. The molecule has 0 saturated carbocycles. The average Bonchev–Trinajstić information content (AvgIpc) is 2.71. The van der Waals surface area contributed by atoms with Crippen LogP contribution in [0.15, 0.2) is 18.2 Å². The zero-order valence-corrected chi connectivity index (χ0v) is 10.4. The molecule has 0 spiro atoms. The molecular weight excluding hydrogens is 222 g/mol. The van der Waals surface area contributed by atoms with Gasteiger partial charge in [0.15, 0.2) is 0 Å². The largest absolute Gasteiger partial charge is 0.508 e. The van der Waals surface area contributed by atoms with Crippen LogP contribution in [0.1, 0.15) is 31.7 Å². The molecule has 1 heterocycles. The van der Waals surface area contributed by atoms with E-state index in [4.69, 9.17) is 11.6 Å². The lowest BCUT2D eigenvalue weighted by Crippen LogP contribution is -2.28. The smallest absolute Gasteiger partial charge is 0.120 e. The highest BCUT2D eigenvalue weighted by atomic mass is 35.5. The van der Waals surface area contributed by atoms with Gasteiger partial charge >= 0.3 is 0 Å². The van der Waals surface area contributed by atoms with Gasteiger partial charge in [-0.3, -0.25) is 4.90 Å². The lowest BCUT2D eigenvalue weighted by Gasteiger charge is -2.23. The van der Waals surface area contributed by atoms with E-state index >= 15 is 0 Å². The number of halogens is 1. The predicted octanol–water partition coefficient (Wildman–Crippen LogP) is 3.42. The molecular formula is C13H18ClNO. The quantitative estimate of drug-likeness (QED) is 0.874. The number of benzene rings is 1. The summed E-state index contributed by atoms with van der Waals surface area (Å²) in [6.45, 7) is 4.16. The van der Waals surface area contributed by atoms with Crippen LogP contribution in [-0.4, -0.2) is 22.6 Å². The fourth-order valence-electron chi connectivity index (χ4n) is 2.47. The van der Waals surface area contributed by atoms with Gasteiger partial charge in [-0.05, 0) is 44.0 Å². The highest BCUT2D eigenvalue weighted by Gasteiger charge is 2.23. The van der Waals surface area contributed by atoms with Gasteiger partial charge in [-0.15, -0.1) is 0 Å². The van der Waals surface area contributed by atoms with Crippen molar-refractivity contribution in [3.63, 3.8) is 0 Å². The van der Waals surface area contributed by atoms with Gasteiger partial charge in [0.25, 0.3) is 0 Å². The molecule has 1 fully saturated rings. The van der Waals surface area contributed by atoms with Crippen molar-refractivity contribution in [1.82, 2.24) is 4.90 Å². The van der Waals surface area contributed by atoms with E-state index in [0.29, 0.717) is 16.8 Å². The maximum Gasteiger partial charge on any atom is 0.120 e. The van der Waals surface area contributed by atoms with E-state index in [1.165, 1.54) is 19.3 Å². The molecule has 1 saturated heterocycles. The Morgan fingerprint density at radius 2 is 2.31 bits per heavy atom. The van der Waals surface area contributed by atoms with Gasteiger partial charge in [-0.2, -0.15) is 0 Å². The monoisotopic (exact) mass is 239 g/mol. The molecule has 16 heavy (non-hydrogen) atoms. The van der Waals surface area contributed by atoms with E-state index in [1.807, 2.05) is 6.07 Å². The van der Waals surface area contributed by atoms with E-state index in [1.54, 1.807) is 12.1 Å². The number of phenolic OH excluding ortho intramolecular Hbond substituents is 1. The summed E-state index contributed by atoms with van der Waals surface area (Å²) >= 11 is 5.94. The summed E-state index contributed by atoms with van der Waals surface area (Å²) in [5, 5.41) is 10.5. The zero-order valence-electron chi connectivity index (χ0n) is 9.62. The molecule has 88 valence electrons. The number of aromatic hydroxyl groups is 1. The summed E-state index contributed by atoms with van der Waals surface area (Å²) in [6, 6.07) is 5.93. The Bertz CT molecular complexity index is 367. The van der Waals surface area contributed by atoms with Crippen molar-refractivity contribution in [3.05, 3.63) is 28.8 Å². The van der Waals surface area contributed by atoms with Crippen LogP contribution < -0.4 is 0 Å². The molecule has 1 atom stereocenters. The summed E-state index contributed by atoms with van der Waals surface area (Å²) in [5.41, 5.74) is 0.938. The molecule has 2 rings (SSSR count). The molecule has 0 amide bonds. The summed E-state index contributed by atoms with van der Waals surface area (Å²) in [6.07, 6.45) is 3.72. The first kappa shape index (κ1) is 11.7. The van der Waals surface area contributed by atoms with Crippen molar-refractivity contribution in [2.45, 2.75) is 38.8 Å². The first-order chi connectivity index (χ1) is 7.70. The Hall–Kier alpha value is -0.730. The van der Waals surface area contributed by atoms with Crippen molar-refractivity contribution >= 4 is 11.6 Å². The maximum atomic E-state index is 9.77. The predicted molar refractivity (Wildman–Crippen MR) is 66.8 cm³/mol. The van der Waals surface area contributed by atoms with Crippen molar-refractivity contribution in [2.24, 2.45) is 0 Å². The molecule has 0 aromatic heterocycles. The Morgan fingerprint density at radius 3 is 3.06 bits per heavy atom. The molecule has 1 N–H and O–H groups in total. The number of phenols is 1. The first-order valence-electron chi connectivity index (χ1n) is 5.92. The van der Waals surface area contributed by atoms with E-state index in [-0.39, 0.29) is 0 Å². The lowest BCUT2D eigenvalue weighted by molar-refractivity contribution is 0.237.